The molecule has 20 heavy (non-hydrogen) atoms. The summed E-state index contributed by atoms with van der Waals surface area (Å²) in [6.45, 7) is 1.79. The maximum Gasteiger partial charge on any atom is 0.167 e. The number of halogens is 2. The Kier molecular flexibility index (Phi) is 4.13. The minimum atomic E-state index is -0.704. The molecule has 104 valence electrons. The maximum absolute atomic E-state index is 13.5. The predicted molar refractivity (Wildman–Crippen MR) is 72.1 cm³/mol. The number of hydrogen-bond acceptors (Lipinski definition) is 2. The first-order valence-corrected chi connectivity index (χ1v) is 6.13. The normalized spacial score (nSPS) is 10.4. The molecule has 0 unspecified atom stereocenters. The Hall–Kier alpha value is -2.23. The van der Waals surface area contributed by atoms with Crippen LogP contribution in [0.5, 0.6) is 5.75 Å². The van der Waals surface area contributed by atoms with Gasteiger partial charge in [0.25, 0.3) is 0 Å². The van der Waals surface area contributed by atoms with Crippen LogP contribution in [0.15, 0.2) is 36.4 Å². The van der Waals surface area contributed by atoms with E-state index in [1.165, 1.54) is 6.07 Å². The Morgan fingerprint density at radius 1 is 1.15 bits per heavy atom. The first kappa shape index (κ1) is 14.2. The van der Waals surface area contributed by atoms with Crippen LogP contribution in [-0.2, 0) is 6.42 Å². The lowest BCUT2D eigenvalue weighted by Crippen LogP contribution is -2.07. The fourth-order valence-electron chi connectivity index (χ4n) is 2.01. The SMILES string of the molecule is COc1ccc(C(=O)Cc2ccc(F)cc2F)c(C)c1. The van der Waals surface area contributed by atoms with Crippen LogP contribution >= 0.6 is 0 Å². The van der Waals surface area contributed by atoms with Gasteiger partial charge in [-0.05, 0) is 42.3 Å². The van der Waals surface area contributed by atoms with Gasteiger partial charge in [0.1, 0.15) is 17.4 Å². The van der Waals surface area contributed by atoms with Gasteiger partial charge in [-0.2, -0.15) is 0 Å². The van der Waals surface area contributed by atoms with Crippen LogP contribution in [-0.4, -0.2) is 12.9 Å². The Morgan fingerprint density at radius 2 is 1.90 bits per heavy atom. The lowest BCUT2D eigenvalue weighted by Gasteiger charge is -2.08. The van der Waals surface area contributed by atoms with E-state index in [0.717, 1.165) is 17.7 Å². The summed E-state index contributed by atoms with van der Waals surface area (Å²) in [7, 11) is 1.55. The number of benzene rings is 2. The van der Waals surface area contributed by atoms with E-state index >= 15 is 0 Å². The summed E-state index contributed by atoms with van der Waals surface area (Å²) in [5.74, 6) is -0.911. The Morgan fingerprint density at radius 3 is 2.50 bits per heavy atom. The van der Waals surface area contributed by atoms with Gasteiger partial charge < -0.3 is 4.74 Å². The number of hydrogen-bond donors (Lipinski definition) is 0. The molecule has 0 saturated heterocycles. The first-order chi connectivity index (χ1) is 9.51. The molecule has 0 heterocycles. The van der Waals surface area contributed by atoms with Crippen molar-refractivity contribution in [3.8, 4) is 5.75 Å². The summed E-state index contributed by atoms with van der Waals surface area (Å²) in [5, 5.41) is 0. The number of carbonyl (C=O) groups excluding carboxylic acids is 1. The molecule has 0 aliphatic heterocycles. The van der Waals surface area contributed by atoms with E-state index in [1.54, 1.807) is 32.2 Å². The Labute approximate surface area is 116 Å². The van der Waals surface area contributed by atoms with Crippen LogP contribution in [0, 0.1) is 18.6 Å². The fourth-order valence-corrected chi connectivity index (χ4v) is 2.01. The van der Waals surface area contributed by atoms with E-state index in [0.29, 0.717) is 11.3 Å². The van der Waals surface area contributed by atoms with Crippen molar-refractivity contribution in [3.05, 3.63) is 64.7 Å². The van der Waals surface area contributed by atoms with E-state index in [4.69, 9.17) is 4.74 Å². The third-order valence-corrected chi connectivity index (χ3v) is 3.10. The minimum Gasteiger partial charge on any atom is -0.497 e. The van der Waals surface area contributed by atoms with Crippen LogP contribution in [0.3, 0.4) is 0 Å². The number of ketones is 1. The third kappa shape index (κ3) is 3.02. The molecule has 0 spiro atoms. The van der Waals surface area contributed by atoms with E-state index in [-0.39, 0.29) is 17.8 Å². The number of methoxy groups -OCH3 is 1. The molecule has 0 atom stereocenters. The van der Waals surface area contributed by atoms with Crippen molar-refractivity contribution in [2.45, 2.75) is 13.3 Å². The van der Waals surface area contributed by atoms with Crippen molar-refractivity contribution < 1.29 is 18.3 Å². The molecule has 0 bridgehead atoms. The molecule has 2 nitrogen and oxygen atoms in total. The van der Waals surface area contributed by atoms with Crippen LogP contribution in [0.1, 0.15) is 21.5 Å². The monoisotopic (exact) mass is 276 g/mol. The van der Waals surface area contributed by atoms with E-state index in [2.05, 4.69) is 0 Å². The van der Waals surface area contributed by atoms with E-state index in [1.807, 2.05) is 0 Å². The number of aryl methyl sites for hydroxylation is 1. The summed E-state index contributed by atoms with van der Waals surface area (Å²) >= 11 is 0. The molecule has 0 aliphatic rings. The summed E-state index contributed by atoms with van der Waals surface area (Å²) in [4.78, 5) is 12.2. The van der Waals surface area contributed by atoms with Gasteiger partial charge in [-0.15, -0.1) is 0 Å². The second kappa shape index (κ2) is 5.82. The fraction of sp³-hybridized carbons (Fsp3) is 0.188. The first-order valence-electron chi connectivity index (χ1n) is 6.13. The van der Waals surface area contributed by atoms with Crippen molar-refractivity contribution >= 4 is 5.78 Å². The minimum absolute atomic E-state index is 0.0979. The van der Waals surface area contributed by atoms with Crippen molar-refractivity contribution in [1.29, 1.82) is 0 Å². The lowest BCUT2D eigenvalue weighted by molar-refractivity contribution is 0.0991. The number of Topliss-reactive ketones (excluding diaryl/α,β-unsaturated/α-hetero) is 1. The zero-order valence-corrected chi connectivity index (χ0v) is 11.2. The number of ether oxygens (including phenoxy) is 1. The average Bonchev–Trinajstić information content (AvgIpc) is 2.41. The van der Waals surface area contributed by atoms with Gasteiger partial charge in [0, 0.05) is 18.1 Å². The topological polar surface area (TPSA) is 26.3 Å². The Bertz CT molecular complexity index is 651. The van der Waals surface area contributed by atoms with Crippen LogP contribution < -0.4 is 4.74 Å². The van der Waals surface area contributed by atoms with Crippen molar-refractivity contribution in [2.75, 3.05) is 7.11 Å². The second-order valence-corrected chi connectivity index (χ2v) is 4.52. The van der Waals surface area contributed by atoms with Gasteiger partial charge in [0.15, 0.2) is 5.78 Å². The highest BCUT2D eigenvalue weighted by molar-refractivity contribution is 5.98. The van der Waals surface area contributed by atoms with E-state index in [9.17, 15) is 13.6 Å². The van der Waals surface area contributed by atoms with Gasteiger partial charge in [-0.3, -0.25) is 4.79 Å². The number of rotatable bonds is 4. The highest BCUT2D eigenvalue weighted by Crippen LogP contribution is 2.19. The van der Waals surface area contributed by atoms with Gasteiger partial charge >= 0.3 is 0 Å². The quantitative estimate of drug-likeness (QED) is 0.796. The predicted octanol–water partition coefficient (Wildman–Crippen LogP) is 3.71. The van der Waals surface area contributed by atoms with Crippen molar-refractivity contribution in [2.24, 2.45) is 0 Å². The van der Waals surface area contributed by atoms with E-state index < -0.39 is 11.6 Å². The number of carbonyl (C=O) groups is 1. The molecule has 0 fully saturated rings. The summed E-state index contributed by atoms with van der Waals surface area (Å²) in [6, 6.07) is 8.30. The molecular formula is C16H14F2O2. The van der Waals surface area contributed by atoms with Crippen molar-refractivity contribution in [3.63, 3.8) is 0 Å². The standard InChI is InChI=1S/C16H14F2O2/c1-10-7-13(20-2)5-6-14(10)16(19)8-11-3-4-12(17)9-15(11)18/h3-7,9H,8H2,1-2H3. The third-order valence-electron chi connectivity index (χ3n) is 3.10. The molecule has 2 rings (SSSR count). The van der Waals surface area contributed by atoms with Crippen LogP contribution in [0.25, 0.3) is 0 Å². The molecule has 4 heteroatoms. The lowest BCUT2D eigenvalue weighted by atomic mass is 9.99. The molecule has 2 aromatic carbocycles. The largest absolute Gasteiger partial charge is 0.497 e. The highest BCUT2D eigenvalue weighted by atomic mass is 19.1. The zero-order chi connectivity index (χ0) is 14.7. The smallest absolute Gasteiger partial charge is 0.167 e. The van der Waals surface area contributed by atoms with Crippen LogP contribution in [0.2, 0.25) is 0 Å². The zero-order valence-electron chi connectivity index (χ0n) is 11.2. The molecule has 0 amide bonds. The summed E-state index contributed by atoms with van der Waals surface area (Å²) in [5.41, 5.74) is 1.46. The molecule has 0 aromatic heterocycles. The van der Waals surface area contributed by atoms with Gasteiger partial charge in [0.05, 0.1) is 7.11 Å². The van der Waals surface area contributed by atoms with Crippen molar-refractivity contribution in [1.82, 2.24) is 0 Å². The molecule has 2 aromatic rings. The highest BCUT2D eigenvalue weighted by Gasteiger charge is 2.13. The maximum atomic E-state index is 13.5. The molecule has 0 aliphatic carbocycles. The van der Waals surface area contributed by atoms with Gasteiger partial charge in [-0.1, -0.05) is 6.07 Å². The second-order valence-electron chi connectivity index (χ2n) is 4.52. The average molecular weight is 276 g/mol. The molecule has 0 N–H and O–H groups in total. The molecule has 0 saturated carbocycles. The Balaban J connectivity index is 2.24. The molecule has 0 radical (unpaired) electrons. The summed E-state index contributed by atoms with van der Waals surface area (Å²) in [6.07, 6.45) is -0.0979. The summed E-state index contributed by atoms with van der Waals surface area (Å²) < 4.78 is 31.4. The van der Waals surface area contributed by atoms with Crippen LogP contribution in [0.4, 0.5) is 8.78 Å². The van der Waals surface area contributed by atoms with Gasteiger partial charge in [-0.25, -0.2) is 8.78 Å². The molecular weight excluding hydrogens is 262 g/mol. The van der Waals surface area contributed by atoms with Gasteiger partial charge in [0.2, 0.25) is 0 Å².